The molecule has 0 aliphatic heterocycles. The smallest absolute Gasteiger partial charge is 0.261 e. The van der Waals surface area contributed by atoms with Crippen LogP contribution >= 0.6 is 10.7 Å². The molecule has 0 aliphatic rings. The number of alkyl halides is 2. The van der Waals surface area contributed by atoms with Crippen molar-refractivity contribution in [2.24, 2.45) is 0 Å². The van der Waals surface area contributed by atoms with Gasteiger partial charge < -0.3 is 0 Å². The molecule has 1 N–H and O–H groups in total. The summed E-state index contributed by atoms with van der Waals surface area (Å²) in [4.78, 5) is 0.557. The Bertz CT molecular complexity index is 286. The number of hydrogen-bond donors (Lipinski definition) is 1. The molecule has 5 heteroatoms. The van der Waals surface area contributed by atoms with Gasteiger partial charge in [0.15, 0.2) is 0 Å². The first-order valence-electron chi connectivity index (χ1n) is 3.11. The fourth-order valence-corrected chi connectivity index (χ4v) is 1.42. The van der Waals surface area contributed by atoms with E-state index in [-0.39, 0.29) is 5.56 Å². The van der Waals surface area contributed by atoms with Gasteiger partial charge in [0, 0.05) is 20.4 Å². The van der Waals surface area contributed by atoms with Crippen LogP contribution in [-0.2, 0) is 9.90 Å². The Morgan fingerprint density at radius 2 is 1.75 bits per heavy atom. The Morgan fingerprint density at radius 1 is 1.25 bits per heavy atom. The lowest BCUT2D eigenvalue weighted by Crippen LogP contribution is -1.85. The van der Waals surface area contributed by atoms with Crippen LogP contribution in [0.2, 0.25) is 0 Å². The number of halogens is 3. The summed E-state index contributed by atoms with van der Waals surface area (Å²) in [5, 5.41) is 0. The number of hydrogen-bond acceptors (Lipinski definition) is 1. The van der Waals surface area contributed by atoms with Gasteiger partial charge in [-0.25, -0.2) is 8.78 Å². The van der Waals surface area contributed by atoms with Crippen LogP contribution in [0.25, 0.3) is 0 Å². The first kappa shape index (κ1) is 9.61. The van der Waals surface area contributed by atoms with Gasteiger partial charge in [0.2, 0.25) is 0 Å². The lowest BCUT2D eigenvalue weighted by atomic mass is 10.2. The highest BCUT2D eigenvalue weighted by Crippen LogP contribution is 2.20. The molecule has 0 bridgehead atoms. The molecular formula is C7H6ClF2NS. The molecule has 66 valence electrons. The minimum atomic E-state index is -2.46. The lowest BCUT2D eigenvalue weighted by Gasteiger charge is -2.00. The summed E-state index contributed by atoms with van der Waals surface area (Å²) in [6, 6.07) is 5.48. The minimum absolute atomic E-state index is 0.0409. The molecule has 0 radical (unpaired) electrons. The summed E-state index contributed by atoms with van der Waals surface area (Å²) < 4.78 is 31.1. The van der Waals surface area contributed by atoms with Crippen LogP contribution in [0.4, 0.5) is 8.78 Å². The molecule has 0 saturated carbocycles. The molecule has 0 amide bonds. The van der Waals surface area contributed by atoms with E-state index < -0.39 is 16.3 Å². The quantitative estimate of drug-likeness (QED) is 0.771. The minimum Gasteiger partial charge on any atom is -0.261 e. The summed E-state index contributed by atoms with van der Waals surface area (Å²) in [6.45, 7) is 0. The zero-order chi connectivity index (χ0) is 9.14. The molecule has 0 heterocycles. The second kappa shape index (κ2) is 3.96. The zero-order valence-electron chi connectivity index (χ0n) is 5.93. The van der Waals surface area contributed by atoms with Crippen molar-refractivity contribution in [3.63, 3.8) is 0 Å². The second-order valence-electron chi connectivity index (χ2n) is 2.13. The highest BCUT2D eigenvalue weighted by Gasteiger charge is 2.05. The van der Waals surface area contributed by atoms with Crippen molar-refractivity contribution in [1.29, 1.82) is 4.78 Å². The van der Waals surface area contributed by atoms with Gasteiger partial charge in [0.05, 0.1) is 0 Å². The maximum atomic E-state index is 12.0. The number of benzene rings is 1. The van der Waals surface area contributed by atoms with E-state index in [2.05, 4.69) is 0 Å². The topological polar surface area (TPSA) is 23.9 Å². The molecule has 12 heavy (non-hydrogen) atoms. The second-order valence-corrected chi connectivity index (χ2v) is 4.04. The monoisotopic (exact) mass is 209 g/mol. The highest BCUT2D eigenvalue weighted by atomic mass is 35.7. The Balaban J connectivity index is 2.93. The number of rotatable bonds is 2. The van der Waals surface area contributed by atoms with Gasteiger partial charge in [-0.15, -0.1) is 0 Å². The van der Waals surface area contributed by atoms with E-state index in [1.165, 1.54) is 24.3 Å². The average molecular weight is 210 g/mol. The van der Waals surface area contributed by atoms with E-state index in [1.54, 1.807) is 0 Å². The molecule has 0 aromatic heterocycles. The van der Waals surface area contributed by atoms with Crippen LogP contribution in [0.5, 0.6) is 0 Å². The average Bonchev–Trinajstić information content (AvgIpc) is 2.04. The van der Waals surface area contributed by atoms with E-state index in [1.807, 2.05) is 0 Å². The fourth-order valence-electron chi connectivity index (χ4n) is 0.733. The van der Waals surface area contributed by atoms with E-state index in [0.717, 1.165) is 0 Å². The molecule has 1 aromatic carbocycles. The van der Waals surface area contributed by atoms with Gasteiger partial charge in [-0.2, -0.15) is 0 Å². The molecule has 0 spiro atoms. The van der Waals surface area contributed by atoms with Crippen LogP contribution in [0, 0.1) is 4.78 Å². The summed E-state index contributed by atoms with van der Waals surface area (Å²) >= 11 is 0. The zero-order valence-corrected chi connectivity index (χ0v) is 7.50. The van der Waals surface area contributed by atoms with Gasteiger partial charge in [0.1, 0.15) is 0 Å². The van der Waals surface area contributed by atoms with Crippen molar-refractivity contribution < 1.29 is 8.78 Å². The van der Waals surface area contributed by atoms with Crippen molar-refractivity contribution in [2.75, 3.05) is 0 Å². The van der Waals surface area contributed by atoms with Crippen LogP contribution < -0.4 is 0 Å². The Labute approximate surface area is 75.8 Å². The number of nitrogens with one attached hydrogen (secondary N) is 1. The summed E-state index contributed by atoms with van der Waals surface area (Å²) in [6.07, 6.45) is -2.46. The Hall–Kier alpha value is -0.480. The SMILES string of the molecule is N=S(Cl)c1ccc(C(F)F)cc1. The van der Waals surface area contributed by atoms with Gasteiger partial charge in [-0.1, -0.05) is 12.1 Å². The largest absolute Gasteiger partial charge is 0.263 e. The summed E-state index contributed by atoms with van der Waals surface area (Å²) in [5.41, 5.74) is -0.0409. The molecule has 0 saturated heterocycles. The van der Waals surface area contributed by atoms with Crippen LogP contribution in [0.3, 0.4) is 0 Å². The standard InChI is InChI=1S/C7H6ClF2NS/c8-12(11)6-3-1-5(2-4-6)7(9)10/h1-4,7,11H. The third-order valence-electron chi connectivity index (χ3n) is 1.34. The molecule has 0 fully saturated rings. The third-order valence-corrected chi connectivity index (χ3v) is 2.56. The van der Waals surface area contributed by atoms with E-state index >= 15 is 0 Å². The van der Waals surface area contributed by atoms with Gasteiger partial charge in [0.25, 0.3) is 6.43 Å². The highest BCUT2D eigenvalue weighted by molar-refractivity contribution is 8.09. The van der Waals surface area contributed by atoms with Crippen molar-refractivity contribution in [2.45, 2.75) is 11.3 Å². The molecular weight excluding hydrogens is 204 g/mol. The first-order valence-corrected chi connectivity index (χ1v) is 5.16. The van der Waals surface area contributed by atoms with E-state index in [9.17, 15) is 8.78 Å². The van der Waals surface area contributed by atoms with Crippen LogP contribution in [0.15, 0.2) is 29.2 Å². The van der Waals surface area contributed by atoms with E-state index in [0.29, 0.717) is 4.90 Å². The Kier molecular flexibility index (Phi) is 3.17. The maximum Gasteiger partial charge on any atom is 0.263 e. The third kappa shape index (κ3) is 2.25. The Morgan fingerprint density at radius 3 is 2.08 bits per heavy atom. The molecule has 0 aliphatic carbocycles. The van der Waals surface area contributed by atoms with Crippen molar-refractivity contribution in [3.8, 4) is 0 Å². The molecule has 1 aromatic rings. The lowest BCUT2D eigenvalue weighted by molar-refractivity contribution is 0.151. The first-order chi connectivity index (χ1) is 5.61. The fraction of sp³-hybridized carbons (Fsp3) is 0.143. The van der Waals surface area contributed by atoms with Crippen molar-refractivity contribution in [1.82, 2.24) is 0 Å². The van der Waals surface area contributed by atoms with Gasteiger partial charge >= 0.3 is 0 Å². The van der Waals surface area contributed by atoms with Crippen LogP contribution in [0.1, 0.15) is 12.0 Å². The molecule has 1 rings (SSSR count). The molecule has 1 nitrogen and oxygen atoms in total. The molecule has 1 unspecified atom stereocenters. The van der Waals surface area contributed by atoms with Crippen molar-refractivity contribution in [3.05, 3.63) is 29.8 Å². The summed E-state index contributed by atoms with van der Waals surface area (Å²) in [7, 11) is 4.32. The van der Waals surface area contributed by atoms with E-state index in [4.69, 9.17) is 15.5 Å². The predicted octanol–water partition coefficient (Wildman–Crippen LogP) is 3.52. The van der Waals surface area contributed by atoms with Crippen molar-refractivity contribution >= 4 is 20.6 Å². The van der Waals surface area contributed by atoms with Gasteiger partial charge in [-0.3, -0.25) is 4.78 Å². The van der Waals surface area contributed by atoms with Gasteiger partial charge in [-0.05, 0) is 22.8 Å². The predicted molar refractivity (Wildman–Crippen MR) is 45.6 cm³/mol. The summed E-state index contributed by atoms with van der Waals surface area (Å²) in [5.74, 6) is 0. The molecule has 1 atom stereocenters. The normalized spacial score (nSPS) is 13.3. The maximum absolute atomic E-state index is 12.0. The van der Waals surface area contributed by atoms with Crippen LogP contribution in [-0.4, -0.2) is 0 Å².